The first-order valence-electron chi connectivity index (χ1n) is 3.43. The molecule has 4 heteroatoms. The lowest BCUT2D eigenvalue weighted by atomic mass is 10.2. The summed E-state index contributed by atoms with van der Waals surface area (Å²) in [5.74, 6) is 0. The van der Waals surface area contributed by atoms with Crippen molar-refractivity contribution in [3.63, 3.8) is 0 Å². The molecule has 0 unspecified atom stereocenters. The third kappa shape index (κ3) is 5.68. The van der Waals surface area contributed by atoms with Gasteiger partial charge in [-0.1, -0.05) is 0 Å². The van der Waals surface area contributed by atoms with E-state index in [0.717, 1.165) is 25.7 Å². The summed E-state index contributed by atoms with van der Waals surface area (Å²) in [5.41, 5.74) is 10.5. The number of carbonyl (C=O) groups excluding carboxylic acids is 1. The number of carbonyl (C=O) groups is 1. The highest BCUT2D eigenvalue weighted by Crippen LogP contribution is 1.88. The molecule has 10 heavy (non-hydrogen) atoms. The summed E-state index contributed by atoms with van der Waals surface area (Å²) in [5, 5.41) is 2.93. The van der Waals surface area contributed by atoms with Crippen molar-refractivity contribution in [2.45, 2.75) is 18.9 Å². The molecule has 0 radical (unpaired) electrons. The number of aldehydes is 1. The first-order chi connectivity index (χ1) is 4.81. The van der Waals surface area contributed by atoms with Crippen LogP contribution in [0.4, 0.5) is 0 Å². The highest BCUT2D eigenvalue weighted by molar-refractivity contribution is 5.56. The van der Waals surface area contributed by atoms with Crippen molar-refractivity contribution >= 4 is 6.29 Å². The summed E-state index contributed by atoms with van der Waals surface area (Å²) in [7, 11) is 0. The zero-order chi connectivity index (χ0) is 7.82. The zero-order valence-electron chi connectivity index (χ0n) is 6.05. The van der Waals surface area contributed by atoms with Gasteiger partial charge in [-0.25, -0.2) is 0 Å². The Labute approximate surface area is 61.0 Å². The minimum absolute atomic E-state index is 0.306. The molecule has 1 atom stereocenters. The predicted octanol–water partition coefficient (Wildman–Crippen LogP) is -1.20. The lowest BCUT2D eigenvalue weighted by Crippen LogP contribution is -2.26. The number of hydrogen-bond donors (Lipinski definition) is 3. The summed E-state index contributed by atoms with van der Waals surface area (Å²) < 4.78 is 0. The second-order valence-corrected chi connectivity index (χ2v) is 2.15. The van der Waals surface area contributed by atoms with Crippen LogP contribution in [0.1, 0.15) is 12.8 Å². The molecule has 0 spiro atoms. The van der Waals surface area contributed by atoms with Crippen LogP contribution in [0.3, 0.4) is 0 Å². The van der Waals surface area contributed by atoms with Crippen LogP contribution in [-0.2, 0) is 4.79 Å². The van der Waals surface area contributed by atoms with E-state index >= 15 is 0 Å². The van der Waals surface area contributed by atoms with Crippen molar-refractivity contribution in [2.75, 3.05) is 13.2 Å². The van der Waals surface area contributed by atoms with Crippen molar-refractivity contribution in [3.8, 4) is 0 Å². The lowest BCUT2D eigenvalue weighted by Gasteiger charge is -2.02. The van der Waals surface area contributed by atoms with Crippen LogP contribution in [0.25, 0.3) is 0 Å². The van der Waals surface area contributed by atoms with Gasteiger partial charge in [0.2, 0.25) is 0 Å². The van der Waals surface area contributed by atoms with Gasteiger partial charge in [-0.05, 0) is 19.4 Å². The second kappa shape index (κ2) is 6.67. The van der Waals surface area contributed by atoms with Crippen LogP contribution in [0.5, 0.6) is 0 Å². The Morgan fingerprint density at radius 2 is 2.30 bits per heavy atom. The average Bonchev–Trinajstić information content (AvgIpc) is 1.98. The van der Waals surface area contributed by atoms with Crippen LogP contribution in [0.15, 0.2) is 0 Å². The van der Waals surface area contributed by atoms with Crippen molar-refractivity contribution < 1.29 is 4.79 Å². The molecule has 0 bridgehead atoms. The third-order valence-electron chi connectivity index (χ3n) is 1.21. The van der Waals surface area contributed by atoms with Gasteiger partial charge in [0.05, 0.1) is 6.04 Å². The van der Waals surface area contributed by atoms with Gasteiger partial charge < -0.3 is 21.6 Å². The fourth-order valence-corrected chi connectivity index (χ4v) is 0.633. The average molecular weight is 145 g/mol. The van der Waals surface area contributed by atoms with Gasteiger partial charge in [-0.3, -0.25) is 0 Å². The maximum absolute atomic E-state index is 10.00. The maximum atomic E-state index is 10.00. The Balaban J connectivity index is 2.95. The highest BCUT2D eigenvalue weighted by atomic mass is 16.1. The first kappa shape index (κ1) is 9.55. The smallest absolute Gasteiger partial charge is 0.136 e. The van der Waals surface area contributed by atoms with E-state index in [0.29, 0.717) is 6.67 Å². The first-order valence-corrected chi connectivity index (χ1v) is 3.43. The molecular formula is C6H15N3O. The molecule has 0 saturated heterocycles. The van der Waals surface area contributed by atoms with E-state index in [4.69, 9.17) is 11.5 Å². The second-order valence-electron chi connectivity index (χ2n) is 2.15. The summed E-state index contributed by atoms with van der Waals surface area (Å²) in [6.45, 7) is 1.31. The van der Waals surface area contributed by atoms with Gasteiger partial charge in [0, 0.05) is 6.67 Å². The van der Waals surface area contributed by atoms with Crippen LogP contribution < -0.4 is 16.8 Å². The van der Waals surface area contributed by atoms with Crippen LogP contribution >= 0.6 is 0 Å². The van der Waals surface area contributed by atoms with Gasteiger partial charge in [-0.2, -0.15) is 0 Å². The Morgan fingerprint density at radius 3 is 2.80 bits per heavy atom. The number of nitrogens with one attached hydrogen (secondary N) is 1. The highest BCUT2D eigenvalue weighted by Gasteiger charge is 1.97. The molecule has 0 aromatic carbocycles. The topological polar surface area (TPSA) is 81.1 Å². The molecule has 0 aliphatic heterocycles. The van der Waals surface area contributed by atoms with Crippen molar-refractivity contribution in [1.29, 1.82) is 0 Å². The zero-order valence-corrected chi connectivity index (χ0v) is 6.05. The van der Waals surface area contributed by atoms with Crippen molar-refractivity contribution in [1.82, 2.24) is 5.32 Å². The van der Waals surface area contributed by atoms with Gasteiger partial charge in [0.15, 0.2) is 0 Å². The van der Waals surface area contributed by atoms with Gasteiger partial charge >= 0.3 is 0 Å². The SMILES string of the molecule is NCNCCC[C@H](N)C=O. The normalized spacial score (nSPS) is 13.0. The number of nitrogens with two attached hydrogens (primary N) is 2. The molecule has 0 fully saturated rings. The standard InChI is InChI=1S/C6H15N3O/c7-5-9-3-1-2-6(8)4-10/h4,6,9H,1-3,5,7-8H2/t6-/m0/s1. The van der Waals surface area contributed by atoms with Crippen molar-refractivity contribution in [2.24, 2.45) is 11.5 Å². The molecular weight excluding hydrogens is 130 g/mol. The monoisotopic (exact) mass is 145 g/mol. The van der Waals surface area contributed by atoms with Crippen LogP contribution in [-0.4, -0.2) is 25.5 Å². The molecule has 0 aliphatic carbocycles. The molecule has 0 aromatic heterocycles. The van der Waals surface area contributed by atoms with Gasteiger partial charge in [0.25, 0.3) is 0 Å². The predicted molar refractivity (Wildman–Crippen MR) is 40.3 cm³/mol. The molecule has 0 rings (SSSR count). The van der Waals surface area contributed by atoms with Gasteiger partial charge in [-0.15, -0.1) is 0 Å². The molecule has 0 amide bonds. The van der Waals surface area contributed by atoms with Crippen molar-refractivity contribution in [3.05, 3.63) is 0 Å². The summed E-state index contributed by atoms with van der Waals surface area (Å²) in [6, 6.07) is -0.306. The Hall–Kier alpha value is -0.450. The van der Waals surface area contributed by atoms with E-state index in [2.05, 4.69) is 5.32 Å². The minimum Gasteiger partial charge on any atom is -0.322 e. The van der Waals surface area contributed by atoms with E-state index in [1.807, 2.05) is 0 Å². The maximum Gasteiger partial charge on any atom is 0.136 e. The Bertz CT molecular complexity index is 87.1. The van der Waals surface area contributed by atoms with Crippen LogP contribution in [0.2, 0.25) is 0 Å². The fourth-order valence-electron chi connectivity index (χ4n) is 0.633. The minimum atomic E-state index is -0.306. The van der Waals surface area contributed by atoms with E-state index < -0.39 is 0 Å². The fraction of sp³-hybridized carbons (Fsp3) is 0.833. The molecule has 0 heterocycles. The van der Waals surface area contributed by atoms with Crippen LogP contribution in [0, 0.1) is 0 Å². The Kier molecular flexibility index (Phi) is 6.37. The Morgan fingerprint density at radius 1 is 1.60 bits per heavy atom. The molecule has 4 nitrogen and oxygen atoms in total. The molecule has 0 saturated carbocycles. The molecule has 0 aromatic rings. The number of rotatable bonds is 6. The largest absolute Gasteiger partial charge is 0.322 e. The van der Waals surface area contributed by atoms with Gasteiger partial charge in [0.1, 0.15) is 6.29 Å². The molecule has 0 aliphatic rings. The summed E-state index contributed by atoms with van der Waals surface area (Å²) in [6.07, 6.45) is 2.40. The van der Waals surface area contributed by atoms with E-state index in [9.17, 15) is 4.79 Å². The molecule has 5 N–H and O–H groups in total. The van der Waals surface area contributed by atoms with E-state index in [-0.39, 0.29) is 6.04 Å². The quantitative estimate of drug-likeness (QED) is 0.249. The van der Waals surface area contributed by atoms with E-state index in [1.165, 1.54) is 0 Å². The number of hydrogen-bond acceptors (Lipinski definition) is 4. The lowest BCUT2D eigenvalue weighted by molar-refractivity contribution is -0.109. The third-order valence-corrected chi connectivity index (χ3v) is 1.21. The summed E-state index contributed by atoms with van der Waals surface area (Å²) in [4.78, 5) is 10.00. The van der Waals surface area contributed by atoms with E-state index in [1.54, 1.807) is 0 Å². The summed E-state index contributed by atoms with van der Waals surface area (Å²) >= 11 is 0. The molecule has 60 valence electrons.